The van der Waals surface area contributed by atoms with E-state index >= 15 is 0 Å². The second-order valence-corrected chi connectivity index (χ2v) is 4.96. The van der Waals surface area contributed by atoms with Gasteiger partial charge in [-0.15, -0.1) is 5.08 Å². The first kappa shape index (κ1) is 14.8. The fourth-order valence-electron chi connectivity index (χ4n) is 0.722. The topological polar surface area (TPSA) is 0 Å². The Hall–Kier alpha value is 0.830. The Morgan fingerprint density at radius 2 is 1.93 bits per heavy atom. The summed E-state index contributed by atoms with van der Waals surface area (Å²) in [5.41, 5.74) is 1.07. The Kier molecular flexibility index (Phi) is 11.0. The van der Waals surface area contributed by atoms with Gasteiger partial charge in [0.2, 0.25) is 0 Å². The van der Waals surface area contributed by atoms with Gasteiger partial charge in [-0.3, -0.25) is 0 Å². The number of benzene rings is 1. The van der Waals surface area contributed by atoms with Crippen molar-refractivity contribution in [2.45, 2.75) is 0 Å². The molecule has 0 fully saturated rings. The van der Waals surface area contributed by atoms with Crippen molar-refractivity contribution in [1.29, 1.82) is 0 Å². The molecule has 0 heterocycles. The minimum Gasteiger partial charge on any atom is -0.782 e. The summed E-state index contributed by atoms with van der Waals surface area (Å²) < 4.78 is 0. The predicted octanol–water partition coefficient (Wildman–Crippen LogP) is -0.0721. The van der Waals surface area contributed by atoms with Crippen LogP contribution in [0.2, 0.25) is 0 Å². The molecule has 1 aromatic carbocycles. The summed E-state index contributed by atoms with van der Waals surface area (Å²) >= 11 is 8.12. The smallest absolute Gasteiger partial charge is 0.782 e. The van der Waals surface area contributed by atoms with Crippen LogP contribution in [-0.2, 0) is 12.6 Å². The van der Waals surface area contributed by atoms with Crippen LogP contribution in [0, 0.1) is 11.2 Å². The third-order valence-corrected chi connectivity index (χ3v) is 3.32. The van der Waals surface area contributed by atoms with Crippen molar-refractivity contribution < 1.29 is 29.6 Å². The minimum atomic E-state index is 0. The molecule has 0 radical (unpaired) electrons. The van der Waals surface area contributed by atoms with Gasteiger partial charge < -0.3 is 12.6 Å². The molecule has 4 heteroatoms. The largest absolute Gasteiger partial charge is 1.00 e. The molecule has 0 unspecified atom stereocenters. The van der Waals surface area contributed by atoms with Crippen molar-refractivity contribution in [1.82, 2.24) is 0 Å². The van der Waals surface area contributed by atoms with Crippen LogP contribution in [0.3, 0.4) is 0 Å². The summed E-state index contributed by atoms with van der Waals surface area (Å²) in [6.07, 6.45) is 0. The minimum absolute atomic E-state index is 0. The van der Waals surface area contributed by atoms with Gasteiger partial charge >= 0.3 is 29.6 Å². The Bertz CT molecular complexity index is 289. The van der Waals surface area contributed by atoms with Crippen molar-refractivity contribution in [2.75, 3.05) is 10.2 Å². The monoisotopic (exact) mass is 248 g/mol. The zero-order valence-electron chi connectivity index (χ0n) is 8.03. The average Bonchev–Trinajstić information content (AvgIpc) is 2.19. The average molecular weight is 248 g/mol. The maximum absolute atomic E-state index is 4.80. The molecule has 0 atom stereocenters. The van der Waals surface area contributed by atoms with Crippen LogP contribution in [0.5, 0.6) is 0 Å². The van der Waals surface area contributed by atoms with Crippen molar-refractivity contribution >= 4 is 36.2 Å². The molecule has 0 aliphatic rings. The molecule has 0 nitrogen and oxygen atoms in total. The molecule has 14 heavy (non-hydrogen) atoms. The second-order valence-electron chi connectivity index (χ2n) is 2.18. The molecule has 0 saturated heterocycles. The molecule has 0 spiro atoms. The van der Waals surface area contributed by atoms with E-state index in [4.69, 9.17) is 12.6 Å². The zero-order chi connectivity index (χ0) is 9.36. The summed E-state index contributed by atoms with van der Waals surface area (Å²) in [6, 6.07) is 9.99. The zero-order valence-corrected chi connectivity index (χ0v) is 12.5. The van der Waals surface area contributed by atoms with Crippen molar-refractivity contribution in [3.8, 4) is 11.2 Å². The standard InChI is InChI=1S/C10H10S3.Na/c11-8-13-9-12-7-6-10-4-2-1-3-5-10;/h1-5,11H,8-9H2;/q;+1/p-1. The molecule has 0 saturated carbocycles. The van der Waals surface area contributed by atoms with Crippen LogP contribution in [0.4, 0.5) is 0 Å². The Labute approximate surface area is 122 Å². The third-order valence-electron chi connectivity index (χ3n) is 1.27. The van der Waals surface area contributed by atoms with Crippen LogP contribution in [0.25, 0.3) is 0 Å². The predicted molar refractivity (Wildman–Crippen MR) is 65.6 cm³/mol. The van der Waals surface area contributed by atoms with Crippen molar-refractivity contribution in [2.24, 2.45) is 0 Å². The van der Waals surface area contributed by atoms with Crippen molar-refractivity contribution in [3.63, 3.8) is 0 Å². The molecule has 0 aliphatic heterocycles. The molecule has 0 amide bonds. The number of thioether (sulfide) groups is 2. The van der Waals surface area contributed by atoms with Gasteiger partial charge in [0.25, 0.3) is 0 Å². The fourth-order valence-corrected chi connectivity index (χ4v) is 2.37. The quantitative estimate of drug-likeness (QED) is 0.242. The summed E-state index contributed by atoms with van der Waals surface area (Å²) in [5.74, 6) is 3.07. The first-order valence-electron chi connectivity index (χ1n) is 3.77. The summed E-state index contributed by atoms with van der Waals surface area (Å²) in [4.78, 5) is 0. The van der Waals surface area contributed by atoms with Crippen LogP contribution >= 0.6 is 23.5 Å². The summed E-state index contributed by atoms with van der Waals surface area (Å²) in [6.45, 7) is 0. The molecule has 0 N–H and O–H groups in total. The molecule has 1 rings (SSSR count). The van der Waals surface area contributed by atoms with E-state index in [1.165, 1.54) is 0 Å². The van der Waals surface area contributed by atoms with E-state index in [2.05, 4.69) is 11.2 Å². The van der Waals surface area contributed by atoms with Gasteiger partial charge in [0.15, 0.2) is 0 Å². The van der Waals surface area contributed by atoms with Gasteiger partial charge in [-0.05, 0) is 17.4 Å². The van der Waals surface area contributed by atoms with E-state index in [1.54, 1.807) is 23.5 Å². The first-order chi connectivity index (χ1) is 6.43. The molecule has 0 aliphatic carbocycles. The van der Waals surface area contributed by atoms with E-state index in [-0.39, 0.29) is 29.6 Å². The summed E-state index contributed by atoms with van der Waals surface area (Å²) in [7, 11) is 0. The van der Waals surface area contributed by atoms with Gasteiger partial charge in [-0.2, -0.15) is 11.8 Å². The van der Waals surface area contributed by atoms with Gasteiger partial charge in [0, 0.05) is 10.6 Å². The Balaban J connectivity index is 0.00000169. The van der Waals surface area contributed by atoms with E-state index < -0.39 is 0 Å². The molecule has 1 aromatic rings. The van der Waals surface area contributed by atoms with Gasteiger partial charge in [0.1, 0.15) is 0 Å². The van der Waals surface area contributed by atoms with E-state index in [1.807, 2.05) is 30.3 Å². The third kappa shape index (κ3) is 7.17. The van der Waals surface area contributed by atoms with Crippen LogP contribution in [0.1, 0.15) is 5.56 Å². The molecule has 0 aromatic heterocycles. The SMILES string of the molecule is [Na+].[S-]CSCSC#Cc1ccccc1. The van der Waals surface area contributed by atoms with Crippen molar-refractivity contribution in [3.05, 3.63) is 35.9 Å². The van der Waals surface area contributed by atoms with Gasteiger partial charge in [-0.1, -0.05) is 35.9 Å². The first-order valence-corrected chi connectivity index (χ1v) is 6.49. The molecule has 68 valence electrons. The van der Waals surface area contributed by atoms with E-state index in [0.717, 1.165) is 15.7 Å². The molecular formula is C10H9NaS3. The fraction of sp³-hybridized carbons (Fsp3) is 0.200. The molecule has 0 bridgehead atoms. The van der Waals surface area contributed by atoms with Gasteiger partial charge in [-0.25, -0.2) is 0 Å². The van der Waals surface area contributed by atoms with Crippen LogP contribution < -0.4 is 29.6 Å². The van der Waals surface area contributed by atoms with E-state index in [0.29, 0.717) is 0 Å². The Morgan fingerprint density at radius 1 is 1.21 bits per heavy atom. The normalized spacial score (nSPS) is 8.36. The Morgan fingerprint density at radius 3 is 2.57 bits per heavy atom. The summed E-state index contributed by atoms with van der Waals surface area (Å²) in [5, 5.41) is 4.75. The van der Waals surface area contributed by atoms with Gasteiger partial charge in [0.05, 0.1) is 0 Å². The number of hydrogen-bond donors (Lipinski definition) is 0. The van der Waals surface area contributed by atoms with Crippen LogP contribution in [-0.4, -0.2) is 10.2 Å². The number of hydrogen-bond acceptors (Lipinski definition) is 3. The number of rotatable bonds is 3. The second kappa shape index (κ2) is 10.4. The van der Waals surface area contributed by atoms with Crippen LogP contribution in [0.15, 0.2) is 30.3 Å². The molecular weight excluding hydrogens is 239 g/mol. The maximum Gasteiger partial charge on any atom is 1.00 e. The maximum atomic E-state index is 4.80. The van der Waals surface area contributed by atoms with E-state index in [9.17, 15) is 0 Å².